The molecule has 0 fully saturated rings. The lowest BCUT2D eigenvalue weighted by Crippen LogP contribution is -2.25. The van der Waals surface area contributed by atoms with E-state index in [1.165, 1.54) is 18.9 Å². The third-order valence-electron chi connectivity index (χ3n) is 3.93. The van der Waals surface area contributed by atoms with E-state index < -0.39 is 17.4 Å². The van der Waals surface area contributed by atoms with Crippen LogP contribution >= 0.6 is 11.8 Å². The van der Waals surface area contributed by atoms with Gasteiger partial charge in [0.1, 0.15) is 11.4 Å². The number of hydrogen-bond donors (Lipinski definition) is 0. The Balaban J connectivity index is 2.18. The first-order valence-corrected chi connectivity index (χ1v) is 9.89. The van der Waals surface area contributed by atoms with E-state index in [0.717, 1.165) is 10.5 Å². The van der Waals surface area contributed by atoms with Crippen molar-refractivity contribution < 1.29 is 23.5 Å². The summed E-state index contributed by atoms with van der Waals surface area (Å²) in [6.45, 7) is 7.14. The minimum Gasteiger partial charge on any atom is -0.465 e. The maximum atomic E-state index is 14.8. The molecule has 0 aliphatic carbocycles. The fraction of sp³-hybridized carbons (Fsp3) is 0.364. The molecule has 150 valence electrons. The van der Waals surface area contributed by atoms with Gasteiger partial charge >= 0.3 is 11.9 Å². The lowest BCUT2D eigenvalue weighted by Gasteiger charge is -2.20. The van der Waals surface area contributed by atoms with Crippen LogP contribution in [0.1, 0.15) is 47.8 Å². The van der Waals surface area contributed by atoms with E-state index in [0.29, 0.717) is 16.9 Å². The van der Waals surface area contributed by atoms with Crippen molar-refractivity contribution in [2.75, 3.05) is 7.11 Å². The van der Waals surface area contributed by atoms with E-state index in [4.69, 9.17) is 4.74 Å². The Labute approximate surface area is 169 Å². The van der Waals surface area contributed by atoms with Gasteiger partial charge in [-0.2, -0.15) is 0 Å². The summed E-state index contributed by atoms with van der Waals surface area (Å²) >= 11 is 1.41. The van der Waals surface area contributed by atoms with E-state index in [1.54, 1.807) is 19.1 Å². The molecule has 4 nitrogen and oxygen atoms in total. The quantitative estimate of drug-likeness (QED) is 0.495. The molecule has 2 rings (SSSR count). The molecule has 0 aromatic heterocycles. The highest BCUT2D eigenvalue weighted by atomic mass is 32.2. The molecule has 28 heavy (non-hydrogen) atoms. The highest BCUT2D eigenvalue weighted by Gasteiger charge is 2.20. The summed E-state index contributed by atoms with van der Waals surface area (Å²) in [5.74, 6) is -1.24. The number of rotatable bonds is 6. The summed E-state index contributed by atoms with van der Waals surface area (Å²) in [4.78, 5) is 24.9. The van der Waals surface area contributed by atoms with Crippen molar-refractivity contribution in [3.8, 4) is 0 Å². The van der Waals surface area contributed by atoms with Gasteiger partial charge in [-0.25, -0.2) is 9.18 Å². The van der Waals surface area contributed by atoms with Gasteiger partial charge in [0, 0.05) is 10.6 Å². The van der Waals surface area contributed by atoms with Gasteiger partial charge in [-0.05, 0) is 50.5 Å². The van der Waals surface area contributed by atoms with Crippen LogP contribution in [0.2, 0.25) is 0 Å². The van der Waals surface area contributed by atoms with Gasteiger partial charge in [-0.1, -0.05) is 30.3 Å². The maximum Gasteiger partial charge on any atom is 0.341 e. The monoisotopic (exact) mass is 404 g/mol. The number of carbonyl (C=O) groups excluding carboxylic acids is 2. The molecule has 0 atom stereocenters. The fourth-order valence-corrected chi connectivity index (χ4v) is 3.69. The third kappa shape index (κ3) is 5.83. The summed E-state index contributed by atoms with van der Waals surface area (Å²) in [6, 6.07) is 10.8. The van der Waals surface area contributed by atoms with Crippen molar-refractivity contribution in [1.29, 1.82) is 0 Å². The van der Waals surface area contributed by atoms with E-state index >= 15 is 0 Å². The van der Waals surface area contributed by atoms with E-state index in [-0.39, 0.29) is 18.0 Å². The van der Waals surface area contributed by atoms with Crippen molar-refractivity contribution in [1.82, 2.24) is 0 Å². The average molecular weight is 405 g/mol. The van der Waals surface area contributed by atoms with Crippen LogP contribution in [-0.4, -0.2) is 24.6 Å². The molecule has 0 bridgehead atoms. The molecule has 0 saturated heterocycles. The second-order valence-electron chi connectivity index (χ2n) is 7.38. The zero-order chi connectivity index (χ0) is 20.9. The molecule has 6 heteroatoms. The topological polar surface area (TPSA) is 52.6 Å². The molecular weight excluding hydrogens is 379 g/mol. The number of benzene rings is 2. The highest BCUT2D eigenvalue weighted by molar-refractivity contribution is 7.98. The first-order chi connectivity index (χ1) is 13.1. The van der Waals surface area contributed by atoms with Crippen LogP contribution in [0.25, 0.3) is 0 Å². The Hall–Kier alpha value is -2.34. The van der Waals surface area contributed by atoms with Crippen molar-refractivity contribution >= 4 is 23.7 Å². The first-order valence-electron chi connectivity index (χ1n) is 8.91. The van der Waals surface area contributed by atoms with E-state index in [9.17, 15) is 14.0 Å². The van der Waals surface area contributed by atoms with Crippen LogP contribution < -0.4 is 0 Å². The fourth-order valence-electron chi connectivity index (χ4n) is 2.66. The van der Waals surface area contributed by atoms with Crippen LogP contribution in [0.15, 0.2) is 41.3 Å². The Morgan fingerprint density at radius 3 is 2.39 bits per heavy atom. The second-order valence-corrected chi connectivity index (χ2v) is 8.40. The van der Waals surface area contributed by atoms with Crippen LogP contribution in [-0.2, 0) is 26.4 Å². The minimum atomic E-state index is -0.688. The van der Waals surface area contributed by atoms with Crippen LogP contribution in [0.4, 0.5) is 4.39 Å². The SMILES string of the molecule is COC(=O)c1c(C)ccc(CSc2ccccc2CC(=O)OC(C)(C)C)c1F. The zero-order valence-electron chi connectivity index (χ0n) is 16.8. The van der Waals surface area contributed by atoms with Crippen LogP contribution in [0, 0.1) is 12.7 Å². The largest absolute Gasteiger partial charge is 0.465 e. The van der Waals surface area contributed by atoms with Gasteiger partial charge in [0.05, 0.1) is 19.1 Å². The summed E-state index contributed by atoms with van der Waals surface area (Å²) in [6.07, 6.45) is 0.143. The number of halogens is 1. The highest BCUT2D eigenvalue weighted by Crippen LogP contribution is 2.29. The standard InChI is InChI=1S/C22H25FO4S/c1-14-10-11-16(20(23)19(14)21(25)26-5)13-28-17-9-7-6-8-15(17)12-18(24)27-22(2,3)4/h6-11H,12-13H2,1-5H3. The normalized spacial score (nSPS) is 11.2. The number of aryl methyl sites for hydroxylation is 1. The van der Waals surface area contributed by atoms with Gasteiger partial charge in [-0.15, -0.1) is 11.8 Å². The van der Waals surface area contributed by atoms with Gasteiger partial charge in [0.15, 0.2) is 0 Å². The lowest BCUT2D eigenvalue weighted by molar-refractivity contribution is -0.153. The number of hydrogen-bond acceptors (Lipinski definition) is 5. The molecule has 2 aromatic carbocycles. The first kappa shape index (κ1) is 22.0. The summed E-state index contributed by atoms with van der Waals surface area (Å²) in [7, 11) is 1.23. The maximum absolute atomic E-state index is 14.8. The molecule has 0 saturated carbocycles. The predicted octanol–water partition coefficient (Wildman–Crippen LogP) is 5.10. The number of thioether (sulfide) groups is 1. The molecule has 0 heterocycles. The number of carbonyl (C=O) groups is 2. The summed E-state index contributed by atoms with van der Waals surface area (Å²) < 4.78 is 24.8. The van der Waals surface area contributed by atoms with Crippen molar-refractivity contribution in [2.45, 2.75) is 50.4 Å². The summed E-state index contributed by atoms with van der Waals surface area (Å²) in [5, 5.41) is 0. The lowest BCUT2D eigenvalue weighted by atomic mass is 10.0. The molecule has 0 amide bonds. The molecule has 0 aliphatic rings. The molecule has 0 aliphatic heterocycles. The van der Waals surface area contributed by atoms with E-state index in [2.05, 4.69) is 4.74 Å². The Bertz CT molecular complexity index is 871. The van der Waals surface area contributed by atoms with Crippen molar-refractivity contribution in [2.24, 2.45) is 0 Å². The van der Waals surface area contributed by atoms with Gasteiger partial charge < -0.3 is 9.47 Å². The Kier molecular flexibility index (Phi) is 7.24. The Morgan fingerprint density at radius 2 is 1.75 bits per heavy atom. The van der Waals surface area contributed by atoms with Crippen LogP contribution in [0.3, 0.4) is 0 Å². The molecule has 0 N–H and O–H groups in total. The molecule has 0 radical (unpaired) electrons. The number of esters is 2. The third-order valence-corrected chi connectivity index (χ3v) is 5.10. The van der Waals surface area contributed by atoms with Gasteiger partial charge in [0.25, 0.3) is 0 Å². The number of methoxy groups -OCH3 is 1. The molecular formula is C22H25FO4S. The molecule has 2 aromatic rings. The molecule has 0 unspecified atom stereocenters. The van der Waals surface area contributed by atoms with Crippen molar-refractivity contribution in [3.63, 3.8) is 0 Å². The average Bonchev–Trinajstić information content (AvgIpc) is 2.60. The van der Waals surface area contributed by atoms with Gasteiger partial charge in [-0.3, -0.25) is 4.79 Å². The Morgan fingerprint density at radius 1 is 1.07 bits per heavy atom. The van der Waals surface area contributed by atoms with Gasteiger partial charge in [0.2, 0.25) is 0 Å². The predicted molar refractivity (Wildman–Crippen MR) is 108 cm³/mol. The minimum absolute atomic E-state index is 0.0392. The van der Waals surface area contributed by atoms with Crippen LogP contribution in [0.5, 0.6) is 0 Å². The second kappa shape index (κ2) is 9.24. The zero-order valence-corrected chi connectivity index (χ0v) is 17.6. The van der Waals surface area contributed by atoms with Crippen molar-refractivity contribution in [3.05, 3.63) is 64.5 Å². The smallest absolute Gasteiger partial charge is 0.341 e. The summed E-state index contributed by atoms with van der Waals surface area (Å²) in [5.41, 5.74) is 1.17. The number of ether oxygens (including phenoxy) is 2. The van der Waals surface area contributed by atoms with E-state index in [1.807, 2.05) is 45.0 Å². The molecule has 0 spiro atoms.